The molecule has 6 nitrogen and oxygen atoms in total. The SMILES string of the molecule is CC(O)(Cn1ccc2cc(C#N)ccc21)C(=O)Nc1ccc(C#N)c(C(F)(F)F)c1. The molecule has 9 heteroatoms. The highest BCUT2D eigenvalue weighted by Crippen LogP contribution is 2.33. The Morgan fingerprint density at radius 2 is 1.87 bits per heavy atom. The molecule has 1 amide bonds. The molecule has 3 aromatic rings. The number of nitrogens with zero attached hydrogens (tertiary/aromatic N) is 3. The smallest absolute Gasteiger partial charge is 0.378 e. The predicted octanol–water partition coefficient (Wildman–Crippen LogP) is 3.79. The first-order chi connectivity index (χ1) is 14.0. The van der Waals surface area contributed by atoms with Crippen molar-refractivity contribution in [1.29, 1.82) is 10.5 Å². The molecule has 1 aromatic heterocycles. The zero-order valence-electron chi connectivity index (χ0n) is 15.7. The van der Waals surface area contributed by atoms with Crippen LogP contribution in [0.3, 0.4) is 0 Å². The first-order valence-corrected chi connectivity index (χ1v) is 8.69. The molecular formula is C21H15F3N4O2. The van der Waals surface area contributed by atoms with Gasteiger partial charge in [-0.2, -0.15) is 23.7 Å². The maximum atomic E-state index is 13.1. The summed E-state index contributed by atoms with van der Waals surface area (Å²) in [6.07, 6.45) is -3.13. The number of amides is 1. The van der Waals surface area contributed by atoms with Gasteiger partial charge < -0.3 is 15.0 Å². The van der Waals surface area contributed by atoms with Gasteiger partial charge in [-0.15, -0.1) is 0 Å². The number of rotatable bonds is 4. The number of halogens is 3. The van der Waals surface area contributed by atoms with Gasteiger partial charge in [0.1, 0.15) is 0 Å². The number of nitrogens with one attached hydrogen (secondary N) is 1. The molecule has 2 N–H and O–H groups in total. The Bertz CT molecular complexity index is 1210. The lowest BCUT2D eigenvalue weighted by atomic mass is 10.0. The summed E-state index contributed by atoms with van der Waals surface area (Å²) in [5, 5.41) is 31.5. The number of hydrogen-bond acceptors (Lipinski definition) is 4. The van der Waals surface area contributed by atoms with E-state index >= 15 is 0 Å². The quantitative estimate of drug-likeness (QED) is 0.681. The minimum absolute atomic E-state index is 0.170. The van der Waals surface area contributed by atoms with Gasteiger partial charge in [-0.3, -0.25) is 4.79 Å². The van der Waals surface area contributed by atoms with Gasteiger partial charge in [0.25, 0.3) is 5.91 Å². The van der Waals surface area contributed by atoms with Crippen LogP contribution in [0, 0.1) is 22.7 Å². The van der Waals surface area contributed by atoms with Gasteiger partial charge in [-0.05, 0) is 49.4 Å². The summed E-state index contributed by atoms with van der Waals surface area (Å²) in [6.45, 7) is 1.07. The van der Waals surface area contributed by atoms with E-state index in [2.05, 4.69) is 5.32 Å². The van der Waals surface area contributed by atoms with Crippen molar-refractivity contribution in [2.75, 3.05) is 5.32 Å². The first kappa shape index (κ1) is 20.9. The van der Waals surface area contributed by atoms with Gasteiger partial charge in [0, 0.05) is 22.8 Å². The third-order valence-corrected chi connectivity index (χ3v) is 4.57. The fourth-order valence-electron chi connectivity index (χ4n) is 3.03. The van der Waals surface area contributed by atoms with Crippen LogP contribution in [-0.4, -0.2) is 21.2 Å². The molecule has 0 spiro atoms. The highest BCUT2D eigenvalue weighted by molar-refractivity contribution is 5.97. The molecule has 2 aromatic carbocycles. The van der Waals surface area contributed by atoms with Crippen LogP contribution in [0.2, 0.25) is 0 Å². The summed E-state index contributed by atoms with van der Waals surface area (Å²) >= 11 is 0. The highest BCUT2D eigenvalue weighted by atomic mass is 19.4. The Morgan fingerprint density at radius 3 is 2.50 bits per heavy atom. The Morgan fingerprint density at radius 1 is 1.13 bits per heavy atom. The summed E-state index contributed by atoms with van der Waals surface area (Å²) in [5.74, 6) is -0.907. The van der Waals surface area contributed by atoms with Gasteiger partial charge in [0.15, 0.2) is 5.60 Å². The topological polar surface area (TPSA) is 102 Å². The van der Waals surface area contributed by atoms with Crippen LogP contribution >= 0.6 is 0 Å². The van der Waals surface area contributed by atoms with Crippen LogP contribution in [0.5, 0.6) is 0 Å². The summed E-state index contributed by atoms with van der Waals surface area (Å²) < 4.78 is 40.9. The fourth-order valence-corrected chi connectivity index (χ4v) is 3.03. The molecule has 0 aliphatic rings. The third-order valence-electron chi connectivity index (χ3n) is 4.57. The van der Waals surface area contributed by atoms with E-state index in [1.807, 2.05) is 6.07 Å². The van der Waals surface area contributed by atoms with Gasteiger partial charge in [0.05, 0.1) is 35.4 Å². The van der Waals surface area contributed by atoms with Crippen molar-refractivity contribution in [3.05, 3.63) is 65.4 Å². The lowest BCUT2D eigenvalue weighted by Crippen LogP contribution is -2.43. The number of carbonyl (C=O) groups is 1. The third kappa shape index (κ3) is 4.12. The van der Waals surface area contributed by atoms with E-state index < -0.39 is 28.8 Å². The lowest BCUT2D eigenvalue weighted by Gasteiger charge is -2.24. The second kappa shape index (κ2) is 7.54. The van der Waals surface area contributed by atoms with Gasteiger partial charge in [0.2, 0.25) is 0 Å². The number of anilines is 1. The van der Waals surface area contributed by atoms with E-state index in [9.17, 15) is 23.1 Å². The van der Waals surface area contributed by atoms with E-state index in [1.165, 1.54) is 13.0 Å². The second-order valence-electron chi connectivity index (χ2n) is 6.93. The molecule has 0 aliphatic heterocycles. The first-order valence-electron chi connectivity index (χ1n) is 8.69. The van der Waals surface area contributed by atoms with Crippen molar-refractivity contribution in [1.82, 2.24) is 4.57 Å². The largest absolute Gasteiger partial charge is 0.417 e. The monoisotopic (exact) mass is 412 g/mol. The molecular weight excluding hydrogens is 397 g/mol. The van der Waals surface area contributed by atoms with Crippen molar-refractivity contribution < 1.29 is 23.1 Å². The molecule has 3 rings (SSSR count). The zero-order valence-corrected chi connectivity index (χ0v) is 15.7. The maximum absolute atomic E-state index is 13.1. The predicted molar refractivity (Wildman–Crippen MR) is 102 cm³/mol. The van der Waals surface area contributed by atoms with Crippen molar-refractivity contribution >= 4 is 22.5 Å². The molecule has 0 saturated heterocycles. The number of alkyl halides is 3. The van der Waals surface area contributed by atoms with Crippen molar-refractivity contribution in [3.8, 4) is 12.1 Å². The average Bonchev–Trinajstić information content (AvgIpc) is 3.08. The average molecular weight is 412 g/mol. The number of aromatic nitrogens is 1. The summed E-state index contributed by atoms with van der Waals surface area (Å²) in [5.41, 5.74) is -2.74. The normalized spacial score (nSPS) is 13.3. The zero-order chi connectivity index (χ0) is 22.1. The number of aliphatic hydroxyl groups is 1. The van der Waals surface area contributed by atoms with Crippen LogP contribution in [0.25, 0.3) is 10.9 Å². The Labute approximate surface area is 169 Å². The molecule has 0 bridgehead atoms. The van der Waals surface area contributed by atoms with Crippen molar-refractivity contribution in [2.45, 2.75) is 25.2 Å². The molecule has 1 atom stereocenters. The summed E-state index contributed by atoms with van der Waals surface area (Å²) in [7, 11) is 0. The number of carbonyl (C=O) groups excluding carboxylic acids is 1. The van der Waals surface area contributed by atoms with Gasteiger partial charge in [-0.25, -0.2) is 0 Å². The summed E-state index contributed by atoms with van der Waals surface area (Å²) in [4.78, 5) is 12.5. The van der Waals surface area contributed by atoms with Gasteiger partial charge in [-0.1, -0.05) is 0 Å². The minimum Gasteiger partial charge on any atom is -0.378 e. The Hall–Kier alpha value is -3.82. The number of benzene rings is 2. The molecule has 1 heterocycles. The molecule has 0 fully saturated rings. The van der Waals surface area contributed by atoms with Gasteiger partial charge >= 0.3 is 6.18 Å². The summed E-state index contributed by atoms with van der Waals surface area (Å²) in [6, 6.07) is 12.9. The van der Waals surface area contributed by atoms with E-state index in [0.29, 0.717) is 17.1 Å². The lowest BCUT2D eigenvalue weighted by molar-refractivity contribution is -0.138. The molecule has 0 aliphatic carbocycles. The Kier molecular flexibility index (Phi) is 5.26. The maximum Gasteiger partial charge on any atom is 0.417 e. The number of hydrogen-bond donors (Lipinski definition) is 2. The Balaban J connectivity index is 1.83. The highest BCUT2D eigenvalue weighted by Gasteiger charge is 2.35. The van der Waals surface area contributed by atoms with Crippen molar-refractivity contribution in [3.63, 3.8) is 0 Å². The van der Waals surface area contributed by atoms with E-state index in [-0.39, 0.29) is 12.2 Å². The van der Waals surface area contributed by atoms with Crippen LogP contribution < -0.4 is 5.32 Å². The van der Waals surface area contributed by atoms with Crippen molar-refractivity contribution in [2.24, 2.45) is 0 Å². The standard InChI is InChI=1S/C21H15F3N4O2/c1-20(30,12-28-7-6-14-8-13(10-25)2-5-18(14)28)19(29)27-16-4-3-15(11-26)17(9-16)21(22,23)24/h2-9,30H,12H2,1H3,(H,27,29). The van der Waals surface area contributed by atoms with E-state index in [1.54, 1.807) is 35.0 Å². The van der Waals surface area contributed by atoms with Crippen LogP contribution in [-0.2, 0) is 17.5 Å². The molecule has 30 heavy (non-hydrogen) atoms. The number of fused-ring (bicyclic) bond motifs is 1. The van der Waals surface area contributed by atoms with E-state index in [4.69, 9.17) is 10.5 Å². The van der Waals surface area contributed by atoms with Crippen LogP contribution in [0.15, 0.2) is 48.7 Å². The molecule has 1 unspecified atom stereocenters. The van der Waals surface area contributed by atoms with Crippen LogP contribution in [0.1, 0.15) is 23.6 Å². The molecule has 0 radical (unpaired) electrons. The van der Waals surface area contributed by atoms with E-state index in [0.717, 1.165) is 17.5 Å². The minimum atomic E-state index is -4.76. The molecule has 152 valence electrons. The second-order valence-corrected chi connectivity index (χ2v) is 6.93. The number of nitriles is 2. The molecule has 0 saturated carbocycles. The fraction of sp³-hybridized carbons (Fsp3) is 0.190. The van der Waals surface area contributed by atoms with Crippen LogP contribution in [0.4, 0.5) is 18.9 Å².